The number of likely N-dealkylation sites (tertiary alicyclic amines) is 1. The Bertz CT molecular complexity index is 1470. The van der Waals surface area contributed by atoms with Gasteiger partial charge >= 0.3 is 6.18 Å². The van der Waals surface area contributed by atoms with Gasteiger partial charge in [0, 0.05) is 42.0 Å². The van der Waals surface area contributed by atoms with Gasteiger partial charge < -0.3 is 26.8 Å². The van der Waals surface area contributed by atoms with Crippen LogP contribution in [-0.4, -0.2) is 58.4 Å². The van der Waals surface area contributed by atoms with Crippen molar-refractivity contribution in [2.45, 2.75) is 56.3 Å². The molecule has 1 aliphatic heterocycles. The summed E-state index contributed by atoms with van der Waals surface area (Å²) in [6.45, 7) is 1.13. The summed E-state index contributed by atoms with van der Waals surface area (Å²) in [7, 11) is 0. The summed E-state index contributed by atoms with van der Waals surface area (Å²) >= 11 is 0. The first-order chi connectivity index (χ1) is 20.9. The van der Waals surface area contributed by atoms with Crippen LogP contribution in [0.1, 0.15) is 70.5 Å². The van der Waals surface area contributed by atoms with E-state index in [9.17, 15) is 32.7 Å². The second kappa shape index (κ2) is 14.0. The molecule has 44 heavy (non-hydrogen) atoms. The zero-order valence-corrected chi connectivity index (χ0v) is 24.1. The monoisotopic (exact) mass is 611 g/mol. The SMILES string of the molecule is NC(=O)c1cccc(-c2ccc(C3(O)CCC(N)CC3)nc2)c1.O=C(NCC(=O)N1CCCC1)c1cccc(C(F)(F)F)c1. The van der Waals surface area contributed by atoms with Crippen molar-refractivity contribution < 1.29 is 32.7 Å². The number of aliphatic hydroxyl groups is 1. The molecule has 0 atom stereocenters. The number of amides is 3. The van der Waals surface area contributed by atoms with Gasteiger partial charge in [0.25, 0.3) is 5.91 Å². The van der Waals surface area contributed by atoms with E-state index >= 15 is 0 Å². The molecule has 2 heterocycles. The molecular weight excluding hydrogens is 575 g/mol. The van der Waals surface area contributed by atoms with Crippen molar-refractivity contribution in [3.8, 4) is 11.1 Å². The molecule has 1 aromatic heterocycles. The minimum atomic E-state index is -4.50. The Morgan fingerprint density at radius 2 is 1.61 bits per heavy atom. The molecule has 1 aliphatic carbocycles. The largest absolute Gasteiger partial charge is 0.416 e. The molecule has 1 saturated carbocycles. The molecule has 3 aromatic rings. The van der Waals surface area contributed by atoms with E-state index in [-0.39, 0.29) is 24.1 Å². The fraction of sp³-hybridized carbons (Fsp3) is 0.375. The highest BCUT2D eigenvalue weighted by atomic mass is 19.4. The van der Waals surface area contributed by atoms with Crippen LogP contribution in [0.3, 0.4) is 0 Å². The standard InChI is InChI=1S/C18H21N3O2.C14H15F3N2O2/c19-15-6-8-18(23,9-7-15)16-5-4-14(11-21-16)12-2-1-3-13(10-12)17(20)22;15-14(16,17)11-5-3-4-10(8-11)13(21)18-9-12(20)19-6-1-2-7-19/h1-5,10-11,15,23H,6-9,19H2,(H2,20,22);3-5,8H,1-2,6-7,9H2,(H,18,21). The minimum Gasteiger partial charge on any atom is -0.384 e. The Kier molecular flexibility index (Phi) is 10.4. The molecule has 1 saturated heterocycles. The van der Waals surface area contributed by atoms with Gasteiger partial charge in [-0.25, -0.2) is 0 Å². The van der Waals surface area contributed by atoms with Crippen molar-refractivity contribution in [1.82, 2.24) is 15.2 Å². The third kappa shape index (κ3) is 8.42. The van der Waals surface area contributed by atoms with Crippen LogP contribution in [0.15, 0.2) is 66.9 Å². The summed E-state index contributed by atoms with van der Waals surface area (Å²) in [5, 5.41) is 13.1. The number of nitrogens with two attached hydrogens (primary N) is 2. The number of carbonyl (C=O) groups excluding carboxylic acids is 3. The molecule has 2 fully saturated rings. The van der Waals surface area contributed by atoms with Gasteiger partial charge in [0.2, 0.25) is 11.8 Å². The van der Waals surface area contributed by atoms with Crippen molar-refractivity contribution in [3.63, 3.8) is 0 Å². The first kappa shape index (κ1) is 32.6. The number of rotatable bonds is 6. The lowest BCUT2D eigenvalue weighted by molar-refractivity contribution is -0.137. The van der Waals surface area contributed by atoms with Gasteiger partial charge in [-0.2, -0.15) is 13.2 Å². The van der Waals surface area contributed by atoms with E-state index in [0.29, 0.717) is 37.2 Å². The van der Waals surface area contributed by atoms with E-state index in [2.05, 4.69) is 10.3 Å². The minimum absolute atomic E-state index is 0.112. The van der Waals surface area contributed by atoms with Crippen molar-refractivity contribution in [1.29, 1.82) is 0 Å². The third-order valence-electron chi connectivity index (χ3n) is 7.89. The molecule has 0 spiro atoms. The summed E-state index contributed by atoms with van der Waals surface area (Å²) in [5.74, 6) is -1.36. The number of nitrogens with one attached hydrogen (secondary N) is 1. The average Bonchev–Trinajstić information content (AvgIpc) is 3.57. The number of nitrogens with zero attached hydrogens (tertiary/aromatic N) is 2. The summed E-state index contributed by atoms with van der Waals surface area (Å²) < 4.78 is 37.7. The van der Waals surface area contributed by atoms with E-state index in [1.807, 2.05) is 18.2 Å². The lowest BCUT2D eigenvalue weighted by Gasteiger charge is -2.34. The Morgan fingerprint density at radius 3 is 2.23 bits per heavy atom. The predicted octanol–water partition coefficient (Wildman–Crippen LogP) is 3.99. The number of benzene rings is 2. The highest BCUT2D eigenvalue weighted by Gasteiger charge is 2.35. The van der Waals surface area contributed by atoms with Crippen LogP contribution in [0.4, 0.5) is 13.2 Å². The van der Waals surface area contributed by atoms with Crippen molar-refractivity contribution in [3.05, 3.63) is 89.2 Å². The molecule has 0 bridgehead atoms. The number of hydrogen-bond donors (Lipinski definition) is 4. The number of alkyl halides is 3. The number of carbonyl (C=O) groups is 3. The number of primary amides is 1. The highest BCUT2D eigenvalue weighted by Crippen LogP contribution is 2.36. The van der Waals surface area contributed by atoms with Crippen LogP contribution >= 0.6 is 0 Å². The fourth-order valence-electron chi connectivity index (χ4n) is 5.24. The normalized spacial score (nSPS) is 19.9. The van der Waals surface area contributed by atoms with Crippen LogP contribution in [0.2, 0.25) is 0 Å². The quantitative estimate of drug-likeness (QED) is 0.331. The molecule has 9 nitrogen and oxygen atoms in total. The summed E-state index contributed by atoms with van der Waals surface area (Å²) in [6, 6.07) is 15.2. The van der Waals surface area contributed by atoms with Crippen molar-refractivity contribution in [2.75, 3.05) is 19.6 Å². The second-order valence-corrected chi connectivity index (χ2v) is 11.1. The van der Waals surface area contributed by atoms with E-state index in [1.165, 1.54) is 12.1 Å². The van der Waals surface area contributed by atoms with Crippen LogP contribution in [0.25, 0.3) is 11.1 Å². The number of halogens is 3. The number of aromatic nitrogens is 1. The van der Waals surface area contributed by atoms with E-state index in [4.69, 9.17) is 11.5 Å². The van der Waals surface area contributed by atoms with Gasteiger partial charge in [0.05, 0.1) is 17.8 Å². The smallest absolute Gasteiger partial charge is 0.384 e. The lowest BCUT2D eigenvalue weighted by Crippen LogP contribution is -2.38. The molecule has 5 rings (SSSR count). The van der Waals surface area contributed by atoms with Gasteiger partial charge in [0.1, 0.15) is 5.60 Å². The highest BCUT2D eigenvalue weighted by molar-refractivity contribution is 5.96. The van der Waals surface area contributed by atoms with Crippen molar-refractivity contribution >= 4 is 17.7 Å². The molecule has 6 N–H and O–H groups in total. The zero-order chi connectivity index (χ0) is 31.9. The Labute approximate surface area is 253 Å². The van der Waals surface area contributed by atoms with E-state index in [1.54, 1.807) is 29.3 Å². The zero-order valence-electron chi connectivity index (χ0n) is 24.1. The maximum absolute atomic E-state index is 12.6. The van der Waals surface area contributed by atoms with Gasteiger partial charge in [-0.05, 0) is 80.5 Å². The molecule has 0 radical (unpaired) electrons. The van der Waals surface area contributed by atoms with Crippen LogP contribution in [0.5, 0.6) is 0 Å². The first-order valence-corrected chi connectivity index (χ1v) is 14.4. The molecule has 2 aliphatic rings. The maximum atomic E-state index is 12.6. The van der Waals surface area contributed by atoms with Crippen LogP contribution < -0.4 is 16.8 Å². The predicted molar refractivity (Wildman–Crippen MR) is 158 cm³/mol. The Morgan fingerprint density at radius 1 is 0.955 bits per heavy atom. The molecule has 3 amide bonds. The van der Waals surface area contributed by atoms with Crippen molar-refractivity contribution in [2.24, 2.45) is 11.5 Å². The molecule has 2 aromatic carbocycles. The molecular formula is C32H36F3N5O4. The van der Waals surface area contributed by atoms with Crippen LogP contribution in [0, 0.1) is 0 Å². The molecule has 234 valence electrons. The maximum Gasteiger partial charge on any atom is 0.416 e. The number of pyridine rings is 1. The van der Waals surface area contributed by atoms with E-state index < -0.39 is 29.2 Å². The fourth-order valence-corrected chi connectivity index (χ4v) is 5.24. The summed E-state index contributed by atoms with van der Waals surface area (Å²) in [4.78, 5) is 40.9. The molecule has 0 unspecified atom stereocenters. The third-order valence-corrected chi connectivity index (χ3v) is 7.89. The summed E-state index contributed by atoms with van der Waals surface area (Å²) in [5.41, 5.74) is 12.2. The first-order valence-electron chi connectivity index (χ1n) is 14.4. The van der Waals surface area contributed by atoms with Gasteiger partial charge in [-0.15, -0.1) is 0 Å². The molecule has 12 heteroatoms. The summed E-state index contributed by atoms with van der Waals surface area (Å²) in [6.07, 6.45) is 1.99. The second-order valence-electron chi connectivity index (χ2n) is 11.1. The average molecular weight is 612 g/mol. The number of hydrogen-bond acceptors (Lipinski definition) is 6. The van der Waals surface area contributed by atoms with Crippen LogP contribution in [-0.2, 0) is 16.6 Å². The Balaban J connectivity index is 0.000000202. The topological polar surface area (TPSA) is 152 Å². The van der Waals surface area contributed by atoms with Gasteiger partial charge in [-0.3, -0.25) is 19.4 Å². The van der Waals surface area contributed by atoms with Gasteiger partial charge in [-0.1, -0.05) is 24.3 Å². The van der Waals surface area contributed by atoms with E-state index in [0.717, 1.165) is 48.9 Å². The lowest BCUT2D eigenvalue weighted by atomic mass is 9.80. The van der Waals surface area contributed by atoms with Gasteiger partial charge in [0.15, 0.2) is 0 Å². The Hall–Kier alpha value is -4.29.